The molecular weight excluding hydrogens is 236 g/mol. The summed E-state index contributed by atoms with van der Waals surface area (Å²) in [6, 6.07) is 6.80. The third-order valence-corrected chi connectivity index (χ3v) is 4.50. The Morgan fingerprint density at radius 2 is 2.26 bits per heavy atom. The van der Waals surface area contributed by atoms with E-state index in [2.05, 4.69) is 28.8 Å². The van der Waals surface area contributed by atoms with Gasteiger partial charge in [-0.1, -0.05) is 12.1 Å². The van der Waals surface area contributed by atoms with E-state index in [0.717, 1.165) is 26.2 Å². The zero-order valence-electron chi connectivity index (χ0n) is 11.8. The summed E-state index contributed by atoms with van der Waals surface area (Å²) in [7, 11) is 1.79. The van der Waals surface area contributed by atoms with E-state index in [1.54, 1.807) is 7.11 Å². The van der Waals surface area contributed by atoms with E-state index < -0.39 is 0 Å². The molecule has 104 valence electrons. The van der Waals surface area contributed by atoms with Gasteiger partial charge in [-0.2, -0.15) is 0 Å². The SMILES string of the molecule is COCCC1(CNCc2ccc3c(c2)CCN3)CC1. The van der Waals surface area contributed by atoms with E-state index in [0.29, 0.717) is 5.41 Å². The van der Waals surface area contributed by atoms with Gasteiger partial charge in [0.1, 0.15) is 0 Å². The summed E-state index contributed by atoms with van der Waals surface area (Å²) in [6.07, 6.45) is 5.08. The molecule has 19 heavy (non-hydrogen) atoms. The lowest BCUT2D eigenvalue weighted by atomic mass is 10.0. The minimum absolute atomic E-state index is 0.536. The van der Waals surface area contributed by atoms with Crippen molar-refractivity contribution in [3.8, 4) is 0 Å². The van der Waals surface area contributed by atoms with Crippen LogP contribution in [0.2, 0.25) is 0 Å². The summed E-state index contributed by atoms with van der Waals surface area (Å²) in [5.74, 6) is 0. The standard InChI is InChI=1S/C16H24N2O/c1-19-9-7-16(5-6-16)12-17-11-13-2-3-15-14(10-13)4-8-18-15/h2-3,10,17-18H,4-9,11-12H2,1H3. The Balaban J connectivity index is 1.47. The molecule has 0 saturated heterocycles. The van der Waals surface area contributed by atoms with Crippen molar-refractivity contribution in [2.24, 2.45) is 5.41 Å². The van der Waals surface area contributed by atoms with Gasteiger partial charge in [-0.25, -0.2) is 0 Å². The summed E-state index contributed by atoms with van der Waals surface area (Å²) >= 11 is 0. The molecule has 3 nitrogen and oxygen atoms in total. The third kappa shape index (κ3) is 3.10. The van der Waals surface area contributed by atoms with Gasteiger partial charge in [0.05, 0.1) is 0 Å². The number of ether oxygens (including phenoxy) is 1. The zero-order chi connectivity index (χ0) is 13.1. The number of methoxy groups -OCH3 is 1. The lowest BCUT2D eigenvalue weighted by Gasteiger charge is -2.15. The van der Waals surface area contributed by atoms with Gasteiger partial charge >= 0.3 is 0 Å². The molecule has 0 amide bonds. The highest BCUT2D eigenvalue weighted by Gasteiger charge is 2.41. The Morgan fingerprint density at radius 3 is 3.05 bits per heavy atom. The van der Waals surface area contributed by atoms with E-state index in [1.807, 2.05) is 0 Å². The number of hydrogen-bond acceptors (Lipinski definition) is 3. The second kappa shape index (κ2) is 5.51. The number of nitrogens with one attached hydrogen (secondary N) is 2. The lowest BCUT2D eigenvalue weighted by Crippen LogP contribution is -2.24. The molecular formula is C16H24N2O. The lowest BCUT2D eigenvalue weighted by molar-refractivity contribution is 0.171. The summed E-state index contributed by atoms with van der Waals surface area (Å²) in [5, 5.41) is 7.04. The van der Waals surface area contributed by atoms with Gasteiger partial charge in [-0.05, 0) is 48.3 Å². The van der Waals surface area contributed by atoms with Crippen LogP contribution in [0.5, 0.6) is 0 Å². The maximum absolute atomic E-state index is 5.20. The van der Waals surface area contributed by atoms with Gasteiger partial charge in [-0.15, -0.1) is 0 Å². The monoisotopic (exact) mass is 260 g/mol. The summed E-state index contributed by atoms with van der Waals surface area (Å²) < 4.78 is 5.20. The van der Waals surface area contributed by atoms with E-state index in [-0.39, 0.29) is 0 Å². The first-order chi connectivity index (χ1) is 9.31. The van der Waals surface area contributed by atoms with Crippen molar-refractivity contribution >= 4 is 5.69 Å². The van der Waals surface area contributed by atoms with Crippen molar-refractivity contribution in [2.75, 3.05) is 32.1 Å². The number of fused-ring (bicyclic) bond motifs is 1. The highest BCUT2D eigenvalue weighted by atomic mass is 16.5. The van der Waals surface area contributed by atoms with Gasteiger partial charge in [0.15, 0.2) is 0 Å². The van der Waals surface area contributed by atoms with Gasteiger partial charge in [0.25, 0.3) is 0 Å². The van der Waals surface area contributed by atoms with E-state index in [1.165, 1.54) is 42.5 Å². The molecule has 0 spiro atoms. The quantitative estimate of drug-likeness (QED) is 0.790. The van der Waals surface area contributed by atoms with Crippen molar-refractivity contribution in [3.63, 3.8) is 0 Å². The first-order valence-corrected chi connectivity index (χ1v) is 7.37. The number of hydrogen-bond donors (Lipinski definition) is 2. The highest BCUT2D eigenvalue weighted by Crippen LogP contribution is 2.48. The Bertz CT molecular complexity index is 440. The smallest absolute Gasteiger partial charge is 0.0468 e. The third-order valence-electron chi connectivity index (χ3n) is 4.50. The molecule has 1 aromatic rings. The molecule has 2 aliphatic rings. The second-order valence-corrected chi connectivity index (χ2v) is 6.01. The van der Waals surface area contributed by atoms with Crippen LogP contribution in [0, 0.1) is 5.41 Å². The van der Waals surface area contributed by atoms with E-state index in [4.69, 9.17) is 4.74 Å². The Morgan fingerprint density at radius 1 is 1.37 bits per heavy atom. The van der Waals surface area contributed by atoms with Crippen LogP contribution in [0.1, 0.15) is 30.4 Å². The summed E-state index contributed by atoms with van der Waals surface area (Å²) in [5.41, 5.74) is 4.74. The predicted octanol–water partition coefficient (Wildman–Crippen LogP) is 2.56. The minimum atomic E-state index is 0.536. The van der Waals surface area contributed by atoms with Crippen LogP contribution in [0.4, 0.5) is 5.69 Å². The number of rotatable bonds is 7. The van der Waals surface area contributed by atoms with Crippen LogP contribution in [-0.4, -0.2) is 26.8 Å². The fourth-order valence-electron chi connectivity index (χ4n) is 2.95. The Hall–Kier alpha value is -1.06. The van der Waals surface area contributed by atoms with Crippen LogP contribution in [0.15, 0.2) is 18.2 Å². The van der Waals surface area contributed by atoms with Crippen LogP contribution >= 0.6 is 0 Å². The first-order valence-electron chi connectivity index (χ1n) is 7.37. The topological polar surface area (TPSA) is 33.3 Å². The fourth-order valence-corrected chi connectivity index (χ4v) is 2.95. The van der Waals surface area contributed by atoms with Gasteiger partial charge in [-0.3, -0.25) is 0 Å². The molecule has 1 heterocycles. The van der Waals surface area contributed by atoms with Crippen LogP contribution < -0.4 is 10.6 Å². The maximum atomic E-state index is 5.20. The molecule has 3 heteroatoms. The van der Waals surface area contributed by atoms with Crippen molar-refractivity contribution < 1.29 is 4.74 Å². The van der Waals surface area contributed by atoms with Crippen molar-refractivity contribution in [3.05, 3.63) is 29.3 Å². The minimum Gasteiger partial charge on any atom is -0.385 e. The van der Waals surface area contributed by atoms with Crippen molar-refractivity contribution in [1.29, 1.82) is 0 Å². The molecule has 0 radical (unpaired) electrons. The summed E-state index contributed by atoms with van der Waals surface area (Å²) in [6.45, 7) is 4.10. The highest BCUT2D eigenvalue weighted by molar-refractivity contribution is 5.56. The molecule has 1 aliphatic heterocycles. The van der Waals surface area contributed by atoms with Crippen LogP contribution in [0.25, 0.3) is 0 Å². The molecule has 2 N–H and O–H groups in total. The average molecular weight is 260 g/mol. The first kappa shape index (κ1) is 12.9. The molecule has 1 aromatic carbocycles. The van der Waals surface area contributed by atoms with E-state index >= 15 is 0 Å². The summed E-state index contributed by atoms with van der Waals surface area (Å²) in [4.78, 5) is 0. The normalized spacial score (nSPS) is 19.0. The van der Waals surface area contributed by atoms with Crippen molar-refractivity contribution in [1.82, 2.24) is 5.32 Å². The molecule has 0 unspecified atom stereocenters. The number of anilines is 1. The zero-order valence-corrected chi connectivity index (χ0v) is 11.8. The second-order valence-electron chi connectivity index (χ2n) is 6.01. The predicted molar refractivity (Wildman–Crippen MR) is 78.5 cm³/mol. The van der Waals surface area contributed by atoms with Crippen LogP contribution in [0.3, 0.4) is 0 Å². The molecule has 0 aromatic heterocycles. The molecule has 1 aliphatic carbocycles. The van der Waals surface area contributed by atoms with Crippen molar-refractivity contribution in [2.45, 2.75) is 32.2 Å². The van der Waals surface area contributed by atoms with E-state index in [9.17, 15) is 0 Å². The fraction of sp³-hybridized carbons (Fsp3) is 0.625. The molecule has 0 atom stereocenters. The Kier molecular flexibility index (Phi) is 3.76. The molecule has 0 bridgehead atoms. The largest absolute Gasteiger partial charge is 0.385 e. The Labute approximate surface area is 115 Å². The molecule has 3 rings (SSSR count). The number of benzene rings is 1. The van der Waals surface area contributed by atoms with Gasteiger partial charge < -0.3 is 15.4 Å². The van der Waals surface area contributed by atoms with Crippen LogP contribution in [-0.2, 0) is 17.7 Å². The van der Waals surface area contributed by atoms with Gasteiger partial charge in [0.2, 0.25) is 0 Å². The average Bonchev–Trinajstić information content (AvgIpc) is 3.03. The maximum Gasteiger partial charge on any atom is 0.0468 e. The van der Waals surface area contributed by atoms with Gasteiger partial charge in [0, 0.05) is 39.0 Å². The molecule has 1 fully saturated rings. The molecule has 1 saturated carbocycles.